The smallest absolute Gasteiger partial charge is 0.411 e. The molecule has 0 bridgehead atoms. The Hall–Kier alpha value is -3.29. The van der Waals surface area contributed by atoms with E-state index in [-0.39, 0.29) is 18.6 Å². The van der Waals surface area contributed by atoms with Crippen LogP contribution in [0.25, 0.3) is 0 Å². The molecule has 3 rings (SSSR count). The van der Waals surface area contributed by atoms with Gasteiger partial charge in [0.1, 0.15) is 23.8 Å². The molecule has 0 saturated carbocycles. The van der Waals surface area contributed by atoms with Gasteiger partial charge in [-0.25, -0.2) is 4.79 Å². The number of amides is 2. The van der Waals surface area contributed by atoms with Crippen molar-refractivity contribution in [3.05, 3.63) is 52.8 Å². The Balaban J connectivity index is 1.79. The van der Waals surface area contributed by atoms with Gasteiger partial charge in [-0.3, -0.25) is 9.78 Å². The highest BCUT2D eigenvalue weighted by molar-refractivity contribution is 5.85. The van der Waals surface area contributed by atoms with Gasteiger partial charge in [-0.15, -0.1) is 0 Å². The number of ether oxygens (including phenoxy) is 3. The minimum atomic E-state index is -1.37. The van der Waals surface area contributed by atoms with Crippen molar-refractivity contribution in [1.82, 2.24) is 9.88 Å². The molecule has 178 valence electrons. The standard InChI is InChI=1S/C25H33N3O5/c1-15(2)22-19-9-8-18(32-14-20-21(31-6)10-7-16(3)27-20)13-17(19)11-12-28(22)24(30)33-25(4,5)23(26)29/h7-10,13,15,22H,11-12,14H2,1-6H3,(H2,26,29). The van der Waals surface area contributed by atoms with E-state index in [1.54, 1.807) is 12.0 Å². The number of rotatable bonds is 7. The Kier molecular flexibility index (Phi) is 7.15. The van der Waals surface area contributed by atoms with E-state index in [9.17, 15) is 9.59 Å². The first-order chi connectivity index (χ1) is 15.5. The number of primary amides is 1. The number of nitrogens with zero attached hydrogens (tertiary/aromatic N) is 2. The van der Waals surface area contributed by atoms with Gasteiger partial charge in [-0.05, 0) is 68.5 Å². The molecule has 1 atom stereocenters. The third-order valence-corrected chi connectivity index (χ3v) is 5.86. The lowest BCUT2D eigenvalue weighted by atomic mass is 9.86. The first-order valence-corrected chi connectivity index (χ1v) is 11.1. The molecular weight excluding hydrogens is 422 g/mol. The molecule has 1 aromatic carbocycles. The third kappa shape index (κ3) is 5.38. The van der Waals surface area contributed by atoms with Gasteiger partial charge in [0.15, 0.2) is 5.60 Å². The molecular formula is C25H33N3O5. The maximum atomic E-state index is 12.9. The number of methoxy groups -OCH3 is 1. The summed E-state index contributed by atoms with van der Waals surface area (Å²) in [5.74, 6) is 0.871. The second kappa shape index (κ2) is 9.68. The molecule has 0 aliphatic carbocycles. The van der Waals surface area contributed by atoms with Gasteiger partial charge in [0.2, 0.25) is 0 Å². The monoisotopic (exact) mass is 455 g/mol. The van der Waals surface area contributed by atoms with Crippen molar-refractivity contribution >= 4 is 12.0 Å². The number of carbonyl (C=O) groups excluding carboxylic acids is 2. The molecule has 1 aromatic heterocycles. The predicted molar refractivity (Wildman–Crippen MR) is 124 cm³/mol. The molecule has 0 saturated heterocycles. The van der Waals surface area contributed by atoms with Crippen LogP contribution in [-0.4, -0.2) is 41.1 Å². The molecule has 0 fully saturated rings. The third-order valence-electron chi connectivity index (χ3n) is 5.86. The van der Waals surface area contributed by atoms with Crippen LogP contribution in [0, 0.1) is 12.8 Å². The van der Waals surface area contributed by atoms with Crippen molar-refractivity contribution in [1.29, 1.82) is 0 Å². The molecule has 2 amide bonds. The zero-order chi connectivity index (χ0) is 24.3. The summed E-state index contributed by atoms with van der Waals surface area (Å²) in [4.78, 5) is 30.7. The highest BCUT2D eigenvalue weighted by Gasteiger charge is 2.38. The van der Waals surface area contributed by atoms with Gasteiger partial charge in [0.05, 0.1) is 13.2 Å². The van der Waals surface area contributed by atoms with Crippen molar-refractivity contribution in [2.24, 2.45) is 11.7 Å². The average Bonchev–Trinajstić information content (AvgIpc) is 2.76. The molecule has 0 spiro atoms. The predicted octanol–water partition coefficient (Wildman–Crippen LogP) is 3.93. The van der Waals surface area contributed by atoms with E-state index < -0.39 is 17.6 Å². The summed E-state index contributed by atoms with van der Waals surface area (Å²) < 4.78 is 16.8. The van der Waals surface area contributed by atoms with Crippen LogP contribution in [0.5, 0.6) is 11.5 Å². The van der Waals surface area contributed by atoms with Crippen molar-refractivity contribution in [3.8, 4) is 11.5 Å². The fraction of sp³-hybridized carbons (Fsp3) is 0.480. The number of fused-ring (bicyclic) bond motifs is 1. The maximum absolute atomic E-state index is 12.9. The summed E-state index contributed by atoms with van der Waals surface area (Å²) in [6.45, 7) is 9.79. The lowest BCUT2D eigenvalue weighted by Crippen LogP contribution is -2.49. The van der Waals surface area contributed by atoms with Gasteiger partial charge in [-0.2, -0.15) is 0 Å². The minimum Gasteiger partial charge on any atom is -0.495 e. The topological polar surface area (TPSA) is 104 Å². The largest absolute Gasteiger partial charge is 0.495 e. The number of benzene rings is 1. The van der Waals surface area contributed by atoms with E-state index in [4.69, 9.17) is 19.9 Å². The quantitative estimate of drug-likeness (QED) is 0.678. The first-order valence-electron chi connectivity index (χ1n) is 11.1. The van der Waals surface area contributed by atoms with Crippen molar-refractivity contribution < 1.29 is 23.8 Å². The van der Waals surface area contributed by atoms with Crippen LogP contribution in [0.15, 0.2) is 30.3 Å². The van der Waals surface area contributed by atoms with Gasteiger partial charge in [0, 0.05) is 12.2 Å². The summed E-state index contributed by atoms with van der Waals surface area (Å²) in [6, 6.07) is 9.51. The summed E-state index contributed by atoms with van der Waals surface area (Å²) in [7, 11) is 1.61. The SMILES string of the molecule is COc1ccc(C)nc1COc1ccc2c(c1)CCN(C(=O)OC(C)(C)C(N)=O)C2C(C)C. The average molecular weight is 456 g/mol. The highest BCUT2D eigenvalue weighted by Crippen LogP contribution is 2.37. The first kappa shape index (κ1) is 24.4. The summed E-state index contributed by atoms with van der Waals surface area (Å²) in [5.41, 5.74) is 7.79. The summed E-state index contributed by atoms with van der Waals surface area (Å²) >= 11 is 0. The zero-order valence-corrected chi connectivity index (χ0v) is 20.2. The lowest BCUT2D eigenvalue weighted by molar-refractivity contribution is -0.134. The van der Waals surface area contributed by atoms with Crippen LogP contribution in [-0.2, 0) is 22.6 Å². The maximum Gasteiger partial charge on any atom is 0.411 e. The Bertz CT molecular complexity index is 1030. The van der Waals surface area contributed by atoms with Crippen molar-refractivity contribution in [2.75, 3.05) is 13.7 Å². The molecule has 33 heavy (non-hydrogen) atoms. The number of pyridine rings is 1. The van der Waals surface area contributed by atoms with Crippen LogP contribution in [0.3, 0.4) is 0 Å². The summed E-state index contributed by atoms with van der Waals surface area (Å²) in [6.07, 6.45) is 0.106. The fourth-order valence-electron chi connectivity index (χ4n) is 4.01. The van der Waals surface area contributed by atoms with Gasteiger partial charge < -0.3 is 24.8 Å². The van der Waals surface area contributed by atoms with Gasteiger partial charge >= 0.3 is 6.09 Å². The lowest BCUT2D eigenvalue weighted by Gasteiger charge is -2.40. The second-order valence-electron chi connectivity index (χ2n) is 9.13. The minimum absolute atomic E-state index is 0.140. The van der Waals surface area contributed by atoms with E-state index in [1.807, 2.05) is 37.3 Å². The van der Waals surface area contributed by atoms with Crippen LogP contribution in [0.4, 0.5) is 4.79 Å². The van der Waals surface area contributed by atoms with Gasteiger partial charge in [0.25, 0.3) is 5.91 Å². The highest BCUT2D eigenvalue weighted by atomic mass is 16.6. The van der Waals surface area contributed by atoms with Crippen molar-refractivity contribution in [2.45, 2.75) is 59.3 Å². The van der Waals surface area contributed by atoms with Gasteiger partial charge in [-0.1, -0.05) is 19.9 Å². The Labute approximate surface area is 195 Å². The molecule has 0 radical (unpaired) electrons. The summed E-state index contributed by atoms with van der Waals surface area (Å²) in [5, 5.41) is 0. The Morgan fingerprint density at radius 2 is 1.97 bits per heavy atom. The van der Waals surface area contributed by atoms with Crippen molar-refractivity contribution in [3.63, 3.8) is 0 Å². The van der Waals surface area contributed by atoms with Crippen LogP contribution < -0.4 is 15.2 Å². The Morgan fingerprint density at radius 1 is 1.24 bits per heavy atom. The van der Waals surface area contributed by atoms with E-state index in [0.29, 0.717) is 18.7 Å². The molecule has 2 aromatic rings. The molecule has 8 nitrogen and oxygen atoms in total. The zero-order valence-electron chi connectivity index (χ0n) is 20.2. The molecule has 2 heterocycles. The van der Waals surface area contributed by atoms with E-state index >= 15 is 0 Å². The number of carbonyl (C=O) groups is 2. The number of nitrogens with two attached hydrogens (primary N) is 1. The number of hydrogen-bond donors (Lipinski definition) is 1. The molecule has 8 heteroatoms. The molecule has 2 N–H and O–H groups in total. The number of aryl methyl sites for hydroxylation is 1. The Morgan fingerprint density at radius 3 is 2.61 bits per heavy atom. The molecule has 1 unspecified atom stereocenters. The van der Waals surface area contributed by atoms with Crippen LogP contribution >= 0.6 is 0 Å². The second-order valence-corrected chi connectivity index (χ2v) is 9.13. The van der Waals surface area contributed by atoms with E-state index in [1.165, 1.54) is 13.8 Å². The number of aromatic nitrogens is 1. The van der Waals surface area contributed by atoms with Crippen LogP contribution in [0.1, 0.15) is 56.3 Å². The van der Waals surface area contributed by atoms with E-state index in [2.05, 4.69) is 18.8 Å². The van der Waals surface area contributed by atoms with E-state index in [0.717, 1.165) is 28.3 Å². The fourth-order valence-corrected chi connectivity index (χ4v) is 4.01. The molecule has 1 aliphatic heterocycles. The number of hydrogen-bond acceptors (Lipinski definition) is 6. The normalized spacial score (nSPS) is 15.7. The van der Waals surface area contributed by atoms with Crippen LogP contribution in [0.2, 0.25) is 0 Å². The molecule has 1 aliphatic rings.